The highest BCUT2D eigenvalue weighted by atomic mass is 19.4. The molecule has 16 heteroatoms. The van der Waals surface area contributed by atoms with Gasteiger partial charge in [-0.05, 0) is 0 Å². The van der Waals surface area contributed by atoms with Crippen molar-refractivity contribution < 1.29 is 67.5 Å². The van der Waals surface area contributed by atoms with Crippen molar-refractivity contribution in [1.29, 1.82) is 0 Å². The average molecular weight is 456 g/mol. The summed E-state index contributed by atoms with van der Waals surface area (Å²) in [6, 6.07) is 0. The lowest BCUT2D eigenvalue weighted by Gasteiger charge is -2.36. The Morgan fingerprint density at radius 1 is 0.828 bits per heavy atom. The number of carbonyl (C=O) groups is 2. The molecule has 172 valence electrons. The van der Waals surface area contributed by atoms with Crippen LogP contribution in [0, 0.1) is 0 Å². The number of halogens is 11. The van der Waals surface area contributed by atoms with Gasteiger partial charge in [0, 0.05) is 13.0 Å². The molecule has 0 aliphatic rings. The summed E-state index contributed by atoms with van der Waals surface area (Å²) in [4.78, 5) is 21.6. The molecule has 0 saturated heterocycles. The first-order chi connectivity index (χ1) is 12.5. The number of carboxylic acids is 1. The first-order valence-corrected chi connectivity index (χ1v) is 7.43. The maximum absolute atomic E-state index is 13.4. The molecule has 0 heterocycles. The van der Waals surface area contributed by atoms with Crippen molar-refractivity contribution in [2.24, 2.45) is 0 Å². The first-order valence-electron chi connectivity index (χ1n) is 7.43. The van der Waals surface area contributed by atoms with Crippen LogP contribution < -0.4 is 10.4 Å². The van der Waals surface area contributed by atoms with Crippen molar-refractivity contribution in [1.82, 2.24) is 5.32 Å². The van der Waals surface area contributed by atoms with Crippen molar-refractivity contribution in [3.05, 3.63) is 0 Å². The lowest BCUT2D eigenvalue weighted by atomic mass is 9.97. The smallest absolute Gasteiger partial charge is 0.460 e. The lowest BCUT2D eigenvalue weighted by molar-refractivity contribution is -0.884. The maximum atomic E-state index is 13.4. The molecule has 0 aliphatic carbocycles. The molecule has 0 radical (unpaired) electrons. The molecule has 0 saturated carbocycles. The van der Waals surface area contributed by atoms with E-state index < -0.39 is 54.8 Å². The molecule has 0 rings (SSSR count). The van der Waals surface area contributed by atoms with Crippen molar-refractivity contribution in [2.75, 3.05) is 33.7 Å². The number of likely N-dealkylation sites (N-methyl/N-ethyl adjacent to an activating group) is 1. The summed E-state index contributed by atoms with van der Waals surface area (Å²) in [7, 11) is 2.61. The monoisotopic (exact) mass is 456 g/mol. The number of nitrogens with one attached hydrogen (secondary N) is 1. The third-order valence-electron chi connectivity index (χ3n) is 3.61. The van der Waals surface area contributed by atoms with E-state index >= 15 is 0 Å². The number of carbonyl (C=O) groups excluding carboxylic acids is 2. The van der Waals surface area contributed by atoms with Gasteiger partial charge in [0.1, 0.15) is 6.54 Å². The van der Waals surface area contributed by atoms with Gasteiger partial charge in [-0.15, -0.1) is 0 Å². The fourth-order valence-corrected chi connectivity index (χ4v) is 1.96. The quantitative estimate of drug-likeness (QED) is 0.307. The molecule has 0 bridgehead atoms. The van der Waals surface area contributed by atoms with Crippen molar-refractivity contribution >= 4 is 11.9 Å². The fourth-order valence-electron chi connectivity index (χ4n) is 1.96. The highest BCUT2D eigenvalue weighted by molar-refractivity contribution is 5.84. The Bertz CT molecular complexity index is 618. The van der Waals surface area contributed by atoms with E-state index in [1.54, 1.807) is 0 Å². The van der Waals surface area contributed by atoms with E-state index in [0.717, 1.165) is 5.32 Å². The molecule has 0 aliphatic heterocycles. The molecule has 0 aromatic heterocycles. The molecule has 0 unspecified atom stereocenters. The predicted octanol–water partition coefficient (Wildman–Crippen LogP) is 1.42. The minimum absolute atomic E-state index is 0.182. The molecule has 0 atom stereocenters. The van der Waals surface area contributed by atoms with Crippen molar-refractivity contribution in [3.8, 4) is 0 Å². The molecular formula is C13H15F11N2O3. The van der Waals surface area contributed by atoms with Crippen LogP contribution in [0.3, 0.4) is 0 Å². The summed E-state index contributed by atoms with van der Waals surface area (Å²) in [5.41, 5.74) is 0. The number of alkyl halides is 11. The second-order valence-corrected chi connectivity index (χ2v) is 6.59. The van der Waals surface area contributed by atoms with Gasteiger partial charge in [0.15, 0.2) is 0 Å². The van der Waals surface area contributed by atoms with Crippen LogP contribution in [0.2, 0.25) is 0 Å². The number of nitrogens with zero attached hydrogens (tertiary/aromatic N) is 1. The van der Waals surface area contributed by atoms with Crippen LogP contribution in [0.15, 0.2) is 0 Å². The van der Waals surface area contributed by atoms with Gasteiger partial charge in [0.25, 0.3) is 5.91 Å². The summed E-state index contributed by atoms with van der Waals surface area (Å²) in [6.07, 6.45) is -7.68. The molecule has 0 fully saturated rings. The van der Waals surface area contributed by atoms with Crippen LogP contribution in [0.4, 0.5) is 48.3 Å². The third kappa shape index (κ3) is 5.39. The Kier molecular flexibility index (Phi) is 7.58. The minimum Gasteiger partial charge on any atom is -0.544 e. The number of carboxylic acid groups (broad SMARTS) is 1. The Labute approximate surface area is 156 Å². The Morgan fingerprint density at radius 2 is 1.28 bits per heavy atom. The zero-order valence-electron chi connectivity index (χ0n) is 14.7. The number of amides is 1. The first kappa shape index (κ1) is 27.1. The summed E-state index contributed by atoms with van der Waals surface area (Å²) >= 11 is 0. The molecule has 0 aromatic rings. The molecule has 5 nitrogen and oxygen atoms in total. The highest BCUT2D eigenvalue weighted by Crippen LogP contribution is 2.57. The zero-order valence-corrected chi connectivity index (χ0v) is 14.7. The zero-order chi connectivity index (χ0) is 23.7. The van der Waals surface area contributed by atoms with E-state index in [9.17, 15) is 63.0 Å². The number of rotatable bonds is 10. The predicted molar refractivity (Wildman–Crippen MR) is 70.3 cm³/mol. The van der Waals surface area contributed by atoms with E-state index in [4.69, 9.17) is 0 Å². The Balaban J connectivity index is 5.31. The van der Waals surface area contributed by atoms with Crippen LogP contribution in [0.25, 0.3) is 0 Å². The summed E-state index contributed by atoms with van der Waals surface area (Å²) in [5.74, 6) is -34.0. The SMILES string of the molecule is C[N+](C)(CCCNC(=O)C(F)(F)C(F)(F)C(F)(F)C(F)(F)C(F)(F)F)CC(=O)[O-]. The molecule has 0 spiro atoms. The number of aliphatic carboxylic acids is 1. The van der Waals surface area contributed by atoms with E-state index in [2.05, 4.69) is 0 Å². The largest absolute Gasteiger partial charge is 0.544 e. The molecule has 1 N–H and O–H groups in total. The van der Waals surface area contributed by atoms with E-state index in [0.29, 0.717) is 0 Å². The molecule has 0 aromatic carbocycles. The van der Waals surface area contributed by atoms with Crippen LogP contribution in [0.1, 0.15) is 6.42 Å². The van der Waals surface area contributed by atoms with Gasteiger partial charge in [-0.3, -0.25) is 4.79 Å². The maximum Gasteiger partial charge on any atom is 0.460 e. The van der Waals surface area contributed by atoms with Crippen molar-refractivity contribution in [3.63, 3.8) is 0 Å². The lowest BCUT2D eigenvalue weighted by Crippen LogP contribution is -2.69. The minimum atomic E-state index is -7.66. The van der Waals surface area contributed by atoms with E-state index in [-0.39, 0.29) is 17.4 Å². The van der Waals surface area contributed by atoms with Crippen molar-refractivity contribution in [2.45, 2.75) is 36.3 Å². The van der Waals surface area contributed by atoms with Gasteiger partial charge in [0.2, 0.25) is 0 Å². The van der Waals surface area contributed by atoms with Gasteiger partial charge in [-0.2, -0.15) is 48.3 Å². The Morgan fingerprint density at radius 3 is 1.66 bits per heavy atom. The Hall–Kier alpha value is -1.87. The summed E-state index contributed by atoms with van der Waals surface area (Å²) in [5, 5.41) is 11.5. The highest BCUT2D eigenvalue weighted by Gasteiger charge is 2.88. The van der Waals surface area contributed by atoms with Crippen LogP contribution >= 0.6 is 0 Å². The third-order valence-corrected chi connectivity index (χ3v) is 3.61. The summed E-state index contributed by atoms with van der Waals surface area (Å²) in [6.45, 7) is -1.69. The standard InChI is InChI=1S/C13H15F11N2O3/c1-26(2,6-7(27)28)5-3-4-25-8(29)9(14,15)10(16,17)11(18,19)12(20,21)13(22,23)24/h3-6H2,1-2H3,(H-,25,27,28,29). The van der Waals surface area contributed by atoms with E-state index in [1.807, 2.05) is 0 Å². The van der Waals surface area contributed by atoms with Gasteiger partial charge in [-0.25, -0.2) is 0 Å². The number of quaternary nitrogens is 1. The van der Waals surface area contributed by atoms with Crippen LogP contribution in [0.5, 0.6) is 0 Å². The fraction of sp³-hybridized carbons (Fsp3) is 0.846. The molecular weight excluding hydrogens is 441 g/mol. The van der Waals surface area contributed by atoms with Gasteiger partial charge in [-0.1, -0.05) is 0 Å². The second kappa shape index (κ2) is 8.10. The van der Waals surface area contributed by atoms with Gasteiger partial charge < -0.3 is 19.7 Å². The van der Waals surface area contributed by atoms with Gasteiger partial charge >= 0.3 is 29.9 Å². The van der Waals surface area contributed by atoms with E-state index in [1.165, 1.54) is 14.1 Å². The van der Waals surface area contributed by atoms with Crippen LogP contribution in [-0.2, 0) is 9.59 Å². The van der Waals surface area contributed by atoms with Crippen LogP contribution in [-0.4, -0.2) is 80.0 Å². The average Bonchev–Trinajstić information content (AvgIpc) is 2.48. The normalized spacial score (nSPS) is 14.7. The number of hydrogen-bond acceptors (Lipinski definition) is 3. The second-order valence-electron chi connectivity index (χ2n) is 6.59. The molecule has 29 heavy (non-hydrogen) atoms. The molecule has 1 amide bonds. The summed E-state index contributed by atoms with van der Waals surface area (Å²) < 4.78 is 140. The van der Waals surface area contributed by atoms with Gasteiger partial charge in [0.05, 0.1) is 26.6 Å². The topological polar surface area (TPSA) is 69.2 Å². The number of hydrogen-bond donors (Lipinski definition) is 1.